The quantitative estimate of drug-likeness (QED) is 0.807. The molecule has 0 aliphatic heterocycles. The molecule has 1 aromatic carbocycles. The maximum atomic E-state index is 12.4. The van der Waals surface area contributed by atoms with Crippen molar-refractivity contribution in [1.29, 1.82) is 0 Å². The van der Waals surface area contributed by atoms with Crippen molar-refractivity contribution in [2.24, 2.45) is 11.7 Å². The lowest BCUT2D eigenvalue weighted by Gasteiger charge is -2.19. The second-order valence-electron chi connectivity index (χ2n) is 6.47. The van der Waals surface area contributed by atoms with E-state index >= 15 is 0 Å². The first-order valence-corrected chi connectivity index (χ1v) is 8.13. The predicted octanol–water partition coefficient (Wildman–Crippen LogP) is 3.09. The van der Waals surface area contributed by atoms with Crippen molar-refractivity contribution in [3.8, 4) is 0 Å². The van der Waals surface area contributed by atoms with Crippen LogP contribution in [0.4, 0.5) is 18.9 Å². The Bertz CT molecular complexity index is 640. The van der Waals surface area contributed by atoms with Crippen molar-refractivity contribution >= 4 is 29.9 Å². The second kappa shape index (κ2) is 9.23. The first-order chi connectivity index (χ1) is 11.7. The molecule has 1 aliphatic rings. The third-order valence-corrected chi connectivity index (χ3v) is 4.39. The molecule has 0 saturated heterocycles. The number of anilines is 1. The third-order valence-electron chi connectivity index (χ3n) is 4.39. The zero-order valence-corrected chi connectivity index (χ0v) is 15.2. The lowest BCUT2D eigenvalue weighted by molar-refractivity contribution is -0.184. The largest absolute Gasteiger partial charge is 0.471 e. The van der Waals surface area contributed by atoms with Crippen LogP contribution in [0, 0.1) is 5.92 Å². The Morgan fingerprint density at radius 2 is 2.00 bits per heavy atom. The number of halogens is 4. The van der Waals surface area contributed by atoms with Gasteiger partial charge in [-0.2, -0.15) is 13.2 Å². The molecular formula is C17H23ClF3N3O2. The summed E-state index contributed by atoms with van der Waals surface area (Å²) in [7, 11) is 1.09. The van der Waals surface area contributed by atoms with E-state index in [-0.39, 0.29) is 36.8 Å². The van der Waals surface area contributed by atoms with Gasteiger partial charge in [0.1, 0.15) is 0 Å². The predicted molar refractivity (Wildman–Crippen MR) is 94.8 cm³/mol. The number of benzene rings is 1. The fourth-order valence-electron chi connectivity index (χ4n) is 3.08. The Morgan fingerprint density at radius 3 is 2.58 bits per heavy atom. The molecule has 0 bridgehead atoms. The maximum absolute atomic E-state index is 12.4. The summed E-state index contributed by atoms with van der Waals surface area (Å²) in [5.41, 5.74) is 6.94. The van der Waals surface area contributed by atoms with Gasteiger partial charge in [0.05, 0.1) is 0 Å². The molecule has 1 saturated carbocycles. The van der Waals surface area contributed by atoms with E-state index in [0.29, 0.717) is 22.6 Å². The smallest absolute Gasteiger partial charge is 0.334 e. The number of nitrogens with zero attached hydrogens (tertiary/aromatic N) is 1. The molecule has 9 heteroatoms. The Kier molecular flexibility index (Phi) is 7.89. The van der Waals surface area contributed by atoms with Crippen LogP contribution in [0.2, 0.25) is 0 Å². The molecule has 1 aliphatic carbocycles. The van der Waals surface area contributed by atoms with Crippen molar-refractivity contribution in [2.45, 2.75) is 44.4 Å². The molecule has 1 aromatic rings. The summed E-state index contributed by atoms with van der Waals surface area (Å²) in [6, 6.07) is 6.48. The van der Waals surface area contributed by atoms with Gasteiger partial charge in [-0.15, -0.1) is 12.4 Å². The highest BCUT2D eigenvalue weighted by Gasteiger charge is 2.41. The molecule has 0 aromatic heterocycles. The highest BCUT2D eigenvalue weighted by Crippen LogP contribution is 2.27. The van der Waals surface area contributed by atoms with E-state index in [2.05, 4.69) is 5.32 Å². The molecule has 2 rings (SSSR count). The summed E-state index contributed by atoms with van der Waals surface area (Å²) in [6.07, 6.45) is -1.70. The van der Waals surface area contributed by atoms with Crippen molar-refractivity contribution in [2.75, 3.05) is 12.4 Å². The van der Waals surface area contributed by atoms with Gasteiger partial charge in [0.25, 0.3) is 0 Å². The monoisotopic (exact) mass is 393 g/mol. The fourth-order valence-corrected chi connectivity index (χ4v) is 3.08. The van der Waals surface area contributed by atoms with Gasteiger partial charge in [0.2, 0.25) is 5.91 Å². The summed E-state index contributed by atoms with van der Waals surface area (Å²) in [5.74, 6) is -1.91. The van der Waals surface area contributed by atoms with Gasteiger partial charge in [-0.05, 0) is 36.5 Å². The van der Waals surface area contributed by atoms with Gasteiger partial charge in [-0.1, -0.05) is 18.6 Å². The Balaban J connectivity index is 0.00000338. The lowest BCUT2D eigenvalue weighted by Crippen LogP contribution is -2.37. The highest BCUT2D eigenvalue weighted by atomic mass is 35.5. The van der Waals surface area contributed by atoms with Crippen LogP contribution in [-0.2, 0) is 16.1 Å². The van der Waals surface area contributed by atoms with E-state index in [1.165, 1.54) is 0 Å². The number of rotatable bonds is 5. The van der Waals surface area contributed by atoms with E-state index in [1.54, 1.807) is 24.3 Å². The lowest BCUT2D eigenvalue weighted by atomic mass is 10.00. The number of carbonyl (C=O) groups excluding carboxylic acids is 2. The number of alkyl halides is 3. The summed E-state index contributed by atoms with van der Waals surface area (Å²) >= 11 is 0. The molecule has 0 spiro atoms. The van der Waals surface area contributed by atoms with E-state index in [4.69, 9.17) is 5.73 Å². The number of nitrogens with one attached hydrogen (secondary N) is 1. The topological polar surface area (TPSA) is 75.4 Å². The molecule has 3 N–H and O–H groups in total. The van der Waals surface area contributed by atoms with E-state index in [0.717, 1.165) is 26.3 Å². The van der Waals surface area contributed by atoms with E-state index in [9.17, 15) is 22.8 Å². The molecule has 1 fully saturated rings. The number of carbonyl (C=O) groups is 2. The molecular weight excluding hydrogens is 371 g/mol. The minimum Gasteiger partial charge on any atom is -0.334 e. The minimum atomic E-state index is -4.90. The van der Waals surface area contributed by atoms with Gasteiger partial charge in [-0.3, -0.25) is 9.59 Å². The molecule has 0 heterocycles. The summed E-state index contributed by atoms with van der Waals surface area (Å²) in [5, 5.41) is 2.74. The maximum Gasteiger partial charge on any atom is 0.471 e. The molecule has 0 radical (unpaired) electrons. The normalized spacial score (nSPS) is 19.6. The van der Waals surface area contributed by atoms with Gasteiger partial charge in [0, 0.05) is 31.7 Å². The molecule has 146 valence electrons. The third kappa shape index (κ3) is 6.17. The van der Waals surface area contributed by atoms with E-state index < -0.39 is 12.1 Å². The van der Waals surface area contributed by atoms with Gasteiger partial charge in [0.15, 0.2) is 0 Å². The van der Waals surface area contributed by atoms with Crippen LogP contribution in [0.1, 0.15) is 31.2 Å². The first-order valence-electron chi connectivity index (χ1n) is 8.13. The molecule has 2 atom stereocenters. The summed E-state index contributed by atoms with van der Waals surface area (Å²) < 4.78 is 37.3. The van der Waals surface area contributed by atoms with Gasteiger partial charge < -0.3 is 16.0 Å². The van der Waals surface area contributed by atoms with Gasteiger partial charge in [-0.25, -0.2) is 0 Å². The number of hydrogen-bond donors (Lipinski definition) is 2. The molecule has 2 amide bonds. The molecule has 26 heavy (non-hydrogen) atoms. The minimum absolute atomic E-state index is 0. The van der Waals surface area contributed by atoms with Crippen molar-refractivity contribution in [3.05, 3.63) is 29.8 Å². The number of amides is 2. The number of nitrogens with two attached hydrogens (primary N) is 1. The average molecular weight is 394 g/mol. The van der Waals surface area contributed by atoms with Crippen LogP contribution in [0.25, 0.3) is 0 Å². The van der Waals surface area contributed by atoms with Crippen molar-refractivity contribution < 1.29 is 22.8 Å². The van der Waals surface area contributed by atoms with Crippen LogP contribution < -0.4 is 11.1 Å². The van der Waals surface area contributed by atoms with E-state index in [1.807, 2.05) is 0 Å². The summed E-state index contributed by atoms with van der Waals surface area (Å²) in [4.78, 5) is 23.9. The zero-order chi connectivity index (χ0) is 18.6. The standard InChI is InChI=1S/C17H22F3N3O2.ClH/c1-23(16(25)17(18,19)20)10-11-4-2-6-13(8-11)22-15(24)9-12-5-3-7-14(12)21;/h2,4,6,8,12,14H,3,5,7,9-10,21H2,1H3,(H,22,24);1H/t12-,14+;/m0./s1. The summed E-state index contributed by atoms with van der Waals surface area (Å²) in [6.45, 7) is -0.199. The first kappa shape index (κ1) is 22.2. The van der Waals surface area contributed by atoms with Crippen LogP contribution in [0.5, 0.6) is 0 Å². The van der Waals surface area contributed by atoms with Crippen LogP contribution >= 0.6 is 12.4 Å². The Labute approximate surface area is 156 Å². The van der Waals surface area contributed by atoms with Crippen molar-refractivity contribution in [3.63, 3.8) is 0 Å². The number of hydrogen-bond acceptors (Lipinski definition) is 3. The van der Waals surface area contributed by atoms with Crippen molar-refractivity contribution in [1.82, 2.24) is 4.90 Å². The molecule has 0 unspecified atom stereocenters. The Hall–Kier alpha value is -1.80. The van der Waals surface area contributed by atoms with Crippen LogP contribution in [0.15, 0.2) is 24.3 Å². The highest BCUT2D eigenvalue weighted by molar-refractivity contribution is 5.91. The second-order valence-corrected chi connectivity index (χ2v) is 6.47. The average Bonchev–Trinajstić information content (AvgIpc) is 2.90. The molecule has 5 nitrogen and oxygen atoms in total. The Morgan fingerprint density at radius 1 is 1.31 bits per heavy atom. The van der Waals surface area contributed by atoms with Crippen LogP contribution in [-0.4, -0.2) is 36.0 Å². The van der Waals surface area contributed by atoms with Gasteiger partial charge >= 0.3 is 12.1 Å². The zero-order valence-electron chi connectivity index (χ0n) is 14.4. The van der Waals surface area contributed by atoms with Crippen LogP contribution in [0.3, 0.4) is 0 Å². The fraction of sp³-hybridized carbons (Fsp3) is 0.529. The SMILES string of the molecule is CN(Cc1cccc(NC(=O)C[C@@H]2CCC[C@H]2N)c1)C(=O)C(F)(F)F.Cl.